The second-order valence-corrected chi connectivity index (χ2v) is 6.92. The molecule has 1 saturated heterocycles. The van der Waals surface area contributed by atoms with Gasteiger partial charge in [0.05, 0.1) is 6.10 Å². The molecule has 1 aromatic rings. The van der Waals surface area contributed by atoms with Gasteiger partial charge in [0.15, 0.2) is 0 Å². The van der Waals surface area contributed by atoms with Crippen molar-refractivity contribution in [2.45, 2.75) is 56.7 Å². The fraction of sp³-hybridized carbons (Fsp3) is 0.647. The quantitative estimate of drug-likeness (QED) is 0.820. The van der Waals surface area contributed by atoms with Crippen LogP contribution < -0.4 is 5.32 Å². The average Bonchev–Trinajstić information content (AvgIpc) is 2.47. The van der Waals surface area contributed by atoms with Crippen LogP contribution in [0, 0.1) is 5.92 Å². The number of hydrogen-bond donors (Lipinski definition) is 1. The summed E-state index contributed by atoms with van der Waals surface area (Å²) >= 11 is 1.79. The molecule has 1 N–H and O–H groups in total. The first kappa shape index (κ1) is 15.9. The van der Waals surface area contributed by atoms with E-state index in [0.29, 0.717) is 24.1 Å². The van der Waals surface area contributed by atoms with E-state index in [-0.39, 0.29) is 0 Å². The first-order chi connectivity index (χ1) is 9.60. The lowest BCUT2D eigenvalue weighted by Gasteiger charge is -2.34. The van der Waals surface area contributed by atoms with Crippen LogP contribution in [0.4, 0.5) is 0 Å². The zero-order chi connectivity index (χ0) is 14.5. The minimum Gasteiger partial charge on any atom is -0.378 e. The van der Waals surface area contributed by atoms with Crippen LogP contribution in [0.1, 0.15) is 45.2 Å². The highest BCUT2D eigenvalue weighted by atomic mass is 32.2. The third-order valence-corrected chi connectivity index (χ3v) is 4.90. The van der Waals surface area contributed by atoms with Gasteiger partial charge in [-0.2, -0.15) is 0 Å². The van der Waals surface area contributed by atoms with Crippen LogP contribution in [-0.4, -0.2) is 25.0 Å². The van der Waals surface area contributed by atoms with E-state index in [9.17, 15) is 0 Å². The van der Waals surface area contributed by atoms with Gasteiger partial charge in [-0.1, -0.05) is 26.0 Å². The Kier molecular flexibility index (Phi) is 5.94. The zero-order valence-corrected chi connectivity index (χ0v) is 13.9. The summed E-state index contributed by atoms with van der Waals surface area (Å²) in [6.45, 7) is 7.64. The van der Waals surface area contributed by atoms with Crippen molar-refractivity contribution in [2.75, 3.05) is 12.9 Å². The molecule has 0 aliphatic carbocycles. The molecule has 0 aromatic heterocycles. The Hall–Kier alpha value is -0.510. The predicted octanol–water partition coefficient (Wildman–Crippen LogP) is 4.26. The van der Waals surface area contributed by atoms with E-state index >= 15 is 0 Å². The van der Waals surface area contributed by atoms with Gasteiger partial charge in [-0.15, -0.1) is 11.8 Å². The Balaban J connectivity index is 1.91. The zero-order valence-electron chi connectivity index (χ0n) is 13.1. The van der Waals surface area contributed by atoms with Gasteiger partial charge in [0.2, 0.25) is 0 Å². The summed E-state index contributed by atoms with van der Waals surface area (Å²) in [5, 5.41) is 3.77. The first-order valence-corrected chi connectivity index (χ1v) is 8.84. The fourth-order valence-electron chi connectivity index (χ4n) is 2.79. The number of benzene rings is 1. The average molecular weight is 293 g/mol. The molecule has 1 fully saturated rings. The number of hydrogen-bond acceptors (Lipinski definition) is 3. The highest BCUT2D eigenvalue weighted by Crippen LogP contribution is 2.24. The highest BCUT2D eigenvalue weighted by molar-refractivity contribution is 7.98. The van der Waals surface area contributed by atoms with Crippen molar-refractivity contribution >= 4 is 11.8 Å². The molecule has 2 rings (SSSR count). The maximum Gasteiger partial charge on any atom is 0.0612 e. The van der Waals surface area contributed by atoms with Crippen LogP contribution in [0.25, 0.3) is 0 Å². The Morgan fingerprint density at radius 3 is 2.50 bits per heavy atom. The molecule has 3 atom stereocenters. The molecule has 0 spiro atoms. The number of thioether (sulfide) groups is 1. The topological polar surface area (TPSA) is 21.3 Å². The van der Waals surface area contributed by atoms with Gasteiger partial charge in [-0.3, -0.25) is 0 Å². The second-order valence-electron chi connectivity index (χ2n) is 6.04. The van der Waals surface area contributed by atoms with Gasteiger partial charge < -0.3 is 10.1 Å². The SMILES string of the molecule is CSc1ccc(C(C)NC2CCOC(C(C)C)C2)cc1. The summed E-state index contributed by atoms with van der Waals surface area (Å²) in [5.41, 5.74) is 1.37. The molecule has 112 valence electrons. The van der Waals surface area contributed by atoms with Crippen molar-refractivity contribution in [1.82, 2.24) is 5.32 Å². The summed E-state index contributed by atoms with van der Waals surface area (Å²) in [6, 6.07) is 9.87. The maximum atomic E-state index is 5.84. The van der Waals surface area contributed by atoms with E-state index in [0.717, 1.165) is 19.4 Å². The van der Waals surface area contributed by atoms with Crippen LogP contribution in [0.3, 0.4) is 0 Å². The highest BCUT2D eigenvalue weighted by Gasteiger charge is 2.25. The van der Waals surface area contributed by atoms with Gasteiger partial charge in [0.25, 0.3) is 0 Å². The van der Waals surface area contributed by atoms with Gasteiger partial charge in [0, 0.05) is 23.6 Å². The largest absolute Gasteiger partial charge is 0.378 e. The third-order valence-electron chi connectivity index (χ3n) is 4.16. The Morgan fingerprint density at radius 2 is 1.90 bits per heavy atom. The minimum atomic E-state index is 0.404. The molecule has 2 nitrogen and oxygen atoms in total. The number of rotatable bonds is 5. The minimum absolute atomic E-state index is 0.404. The predicted molar refractivity (Wildman–Crippen MR) is 87.4 cm³/mol. The number of ether oxygens (including phenoxy) is 1. The van der Waals surface area contributed by atoms with E-state index in [4.69, 9.17) is 4.74 Å². The van der Waals surface area contributed by atoms with Crippen LogP contribution in [-0.2, 0) is 4.74 Å². The molecule has 3 heteroatoms. The Bertz CT molecular complexity index is 404. The monoisotopic (exact) mass is 293 g/mol. The molecule has 1 aromatic carbocycles. The van der Waals surface area contributed by atoms with Crippen molar-refractivity contribution in [1.29, 1.82) is 0 Å². The van der Waals surface area contributed by atoms with E-state index < -0.39 is 0 Å². The van der Waals surface area contributed by atoms with Crippen LogP contribution in [0.5, 0.6) is 0 Å². The lowest BCUT2D eigenvalue weighted by atomic mass is 9.94. The molecule has 1 heterocycles. The lowest BCUT2D eigenvalue weighted by Crippen LogP contribution is -2.41. The molecule has 0 bridgehead atoms. The molecular formula is C17H27NOS. The standard InChI is InChI=1S/C17H27NOS/c1-12(2)17-11-15(9-10-19-17)18-13(3)14-5-7-16(20-4)8-6-14/h5-8,12-13,15,17-18H,9-11H2,1-4H3. The van der Waals surface area contributed by atoms with Crippen LogP contribution in [0.2, 0.25) is 0 Å². The maximum absolute atomic E-state index is 5.84. The Morgan fingerprint density at radius 1 is 1.20 bits per heavy atom. The van der Waals surface area contributed by atoms with Crippen LogP contribution >= 0.6 is 11.8 Å². The molecule has 0 radical (unpaired) electrons. The summed E-state index contributed by atoms with van der Waals surface area (Å²) in [5.74, 6) is 0.607. The van der Waals surface area contributed by atoms with E-state index in [2.05, 4.69) is 56.6 Å². The summed E-state index contributed by atoms with van der Waals surface area (Å²) in [6.07, 6.45) is 4.78. The fourth-order valence-corrected chi connectivity index (χ4v) is 3.19. The summed E-state index contributed by atoms with van der Waals surface area (Å²) in [4.78, 5) is 1.33. The van der Waals surface area contributed by atoms with Crippen molar-refractivity contribution in [3.05, 3.63) is 29.8 Å². The lowest BCUT2D eigenvalue weighted by molar-refractivity contribution is -0.0257. The number of nitrogens with one attached hydrogen (secondary N) is 1. The summed E-state index contributed by atoms with van der Waals surface area (Å²) < 4.78 is 5.84. The van der Waals surface area contributed by atoms with Gasteiger partial charge in [0.1, 0.15) is 0 Å². The van der Waals surface area contributed by atoms with Crippen molar-refractivity contribution in [3.63, 3.8) is 0 Å². The van der Waals surface area contributed by atoms with Crippen molar-refractivity contribution < 1.29 is 4.74 Å². The molecular weight excluding hydrogens is 266 g/mol. The first-order valence-electron chi connectivity index (χ1n) is 7.61. The Labute approximate surface area is 127 Å². The molecule has 0 saturated carbocycles. The van der Waals surface area contributed by atoms with E-state index in [1.807, 2.05) is 0 Å². The van der Waals surface area contributed by atoms with Gasteiger partial charge in [-0.05, 0) is 49.6 Å². The smallest absolute Gasteiger partial charge is 0.0612 e. The van der Waals surface area contributed by atoms with Crippen molar-refractivity contribution in [2.24, 2.45) is 5.92 Å². The van der Waals surface area contributed by atoms with Crippen molar-refractivity contribution in [3.8, 4) is 0 Å². The van der Waals surface area contributed by atoms with E-state index in [1.165, 1.54) is 10.5 Å². The molecule has 0 amide bonds. The van der Waals surface area contributed by atoms with Gasteiger partial charge in [-0.25, -0.2) is 0 Å². The normalized spacial score (nSPS) is 24.9. The third kappa shape index (κ3) is 4.24. The molecule has 20 heavy (non-hydrogen) atoms. The van der Waals surface area contributed by atoms with Gasteiger partial charge >= 0.3 is 0 Å². The summed E-state index contributed by atoms with van der Waals surface area (Å²) in [7, 11) is 0. The van der Waals surface area contributed by atoms with E-state index in [1.54, 1.807) is 11.8 Å². The second kappa shape index (κ2) is 7.48. The molecule has 1 aliphatic rings. The molecule has 1 aliphatic heterocycles. The molecule has 3 unspecified atom stereocenters. The van der Waals surface area contributed by atoms with Crippen LogP contribution in [0.15, 0.2) is 29.2 Å².